The number of carbonyl (C=O) groups excluding carboxylic acids is 3. The molecule has 2 bridgehead atoms. The van der Waals surface area contributed by atoms with Crippen LogP contribution in [0.3, 0.4) is 0 Å². The molecule has 3 fully saturated rings. The smallest absolute Gasteiger partial charge is 0.305 e. The summed E-state index contributed by atoms with van der Waals surface area (Å²) in [5.41, 5.74) is 3.14. The number of aromatic amines is 1. The first-order chi connectivity index (χ1) is 22.2. The number of thioether (sulfide) groups is 1. The average Bonchev–Trinajstić information content (AvgIpc) is 3.77. The standard InChI is InChI=1S/C34H27Cl2N3O5S2/c1-15-5-8-18(9-6-15)39-32(41)27-20-13-21(28(27)33(39)42)29-26(20)25(30-31(45-29)38-34(43)46-30)16-3-2-4-19(11-16)44-14-24(40)37-17-7-10-22(35)23(36)12-17/h2-12,20-21,25-29H,13-14H2,1H3,(H,37,40)(H,38,43)/t20-,21-,25+,26-,27+,28+,29-/m1/s1. The molecule has 2 aliphatic carbocycles. The number of hydrogen-bond donors (Lipinski definition) is 2. The van der Waals surface area contributed by atoms with Gasteiger partial charge in [-0.2, -0.15) is 0 Å². The van der Waals surface area contributed by atoms with Gasteiger partial charge in [0.2, 0.25) is 11.8 Å². The highest BCUT2D eigenvalue weighted by Crippen LogP contribution is 2.68. The highest BCUT2D eigenvalue weighted by Gasteiger charge is 2.69. The van der Waals surface area contributed by atoms with Crippen LogP contribution in [0.2, 0.25) is 10.0 Å². The van der Waals surface area contributed by atoms with Crippen molar-refractivity contribution in [1.29, 1.82) is 0 Å². The third-order valence-electron chi connectivity index (χ3n) is 9.81. The Morgan fingerprint density at radius 3 is 2.50 bits per heavy atom. The van der Waals surface area contributed by atoms with E-state index in [1.807, 2.05) is 49.4 Å². The number of aromatic nitrogens is 1. The van der Waals surface area contributed by atoms with E-state index >= 15 is 0 Å². The van der Waals surface area contributed by atoms with Crippen LogP contribution in [0, 0.1) is 36.5 Å². The summed E-state index contributed by atoms with van der Waals surface area (Å²) in [7, 11) is 0. The number of amides is 3. The van der Waals surface area contributed by atoms with E-state index < -0.39 is 0 Å². The fraction of sp³-hybridized carbons (Fsp3) is 0.294. The second-order valence-corrected chi connectivity index (χ2v) is 15.4. The first kappa shape index (κ1) is 29.8. The lowest BCUT2D eigenvalue weighted by molar-refractivity contribution is -0.123. The van der Waals surface area contributed by atoms with Gasteiger partial charge >= 0.3 is 4.87 Å². The molecule has 0 spiro atoms. The van der Waals surface area contributed by atoms with Crippen LogP contribution in [-0.2, 0) is 14.4 Å². The molecule has 3 amide bonds. The first-order valence-corrected chi connectivity index (χ1v) is 17.4. The summed E-state index contributed by atoms with van der Waals surface area (Å²) in [6, 6.07) is 20.0. The summed E-state index contributed by atoms with van der Waals surface area (Å²) < 4.78 is 5.92. The van der Waals surface area contributed by atoms with Crippen LogP contribution in [0.15, 0.2) is 76.6 Å². The Kier molecular flexibility index (Phi) is 7.32. The van der Waals surface area contributed by atoms with Crippen molar-refractivity contribution in [2.75, 3.05) is 16.8 Å². The third-order valence-corrected chi connectivity index (χ3v) is 13.1. The number of nitrogens with zero attached hydrogens (tertiary/aromatic N) is 1. The first-order valence-electron chi connectivity index (χ1n) is 15.0. The van der Waals surface area contributed by atoms with E-state index in [0.29, 0.717) is 27.2 Å². The van der Waals surface area contributed by atoms with E-state index in [1.165, 1.54) is 16.2 Å². The van der Waals surface area contributed by atoms with Crippen LogP contribution in [0.4, 0.5) is 11.4 Å². The molecule has 8 nitrogen and oxygen atoms in total. The van der Waals surface area contributed by atoms with Gasteiger partial charge in [0.05, 0.1) is 32.6 Å². The lowest BCUT2D eigenvalue weighted by Crippen LogP contribution is -2.42. The SMILES string of the molecule is Cc1ccc(N2C(=O)[C@H]3[C@H]4C[C@@H]([C@@H]3C2=O)[C@@H]2[C@H](c3cccc(OCC(=O)Nc5ccc(Cl)c(Cl)c5)c3)c3sc(=O)[nH]c3S[C@H]42)cc1. The Morgan fingerprint density at radius 1 is 0.978 bits per heavy atom. The molecule has 2 aliphatic heterocycles. The number of nitrogens with one attached hydrogen (secondary N) is 2. The molecule has 0 radical (unpaired) electrons. The zero-order chi connectivity index (χ0) is 31.9. The van der Waals surface area contributed by atoms with E-state index in [-0.39, 0.29) is 70.0 Å². The van der Waals surface area contributed by atoms with Gasteiger partial charge in [-0.05, 0) is 79.1 Å². The minimum atomic E-state index is -0.384. The van der Waals surface area contributed by atoms with Gasteiger partial charge in [-0.3, -0.25) is 24.1 Å². The van der Waals surface area contributed by atoms with Crippen molar-refractivity contribution in [3.8, 4) is 5.75 Å². The van der Waals surface area contributed by atoms with Crippen molar-refractivity contribution in [1.82, 2.24) is 4.98 Å². The highest BCUT2D eigenvalue weighted by atomic mass is 35.5. The number of imide groups is 1. The summed E-state index contributed by atoms with van der Waals surface area (Å²) >= 11 is 14.9. The summed E-state index contributed by atoms with van der Waals surface area (Å²) in [5, 5.41) is 4.40. The molecular formula is C34H27Cl2N3O5S2. The third kappa shape index (κ3) is 4.80. The van der Waals surface area contributed by atoms with Crippen LogP contribution < -0.4 is 19.8 Å². The number of ether oxygens (including phenoxy) is 1. The largest absolute Gasteiger partial charge is 0.484 e. The molecule has 234 valence electrons. The number of fused-ring (bicyclic) bond motifs is 9. The monoisotopic (exact) mass is 691 g/mol. The molecule has 4 aromatic rings. The van der Waals surface area contributed by atoms with Crippen molar-refractivity contribution < 1.29 is 19.1 Å². The lowest BCUT2D eigenvalue weighted by Gasteiger charge is -2.43. The minimum absolute atomic E-state index is 0.00342. The van der Waals surface area contributed by atoms with Gasteiger partial charge in [0.15, 0.2) is 6.61 Å². The molecule has 7 atom stereocenters. The maximum Gasteiger partial charge on any atom is 0.305 e. The lowest BCUT2D eigenvalue weighted by atomic mass is 9.68. The van der Waals surface area contributed by atoms with Crippen LogP contribution in [0.5, 0.6) is 5.75 Å². The molecule has 1 aromatic heterocycles. The number of anilines is 2. The Labute approximate surface area is 282 Å². The van der Waals surface area contributed by atoms with E-state index in [9.17, 15) is 19.2 Å². The molecule has 12 heteroatoms. The predicted octanol–water partition coefficient (Wildman–Crippen LogP) is 6.75. The Bertz CT molecular complexity index is 1980. The summed E-state index contributed by atoms with van der Waals surface area (Å²) in [6.07, 6.45) is 0.803. The Balaban J connectivity index is 1.08. The number of carbonyl (C=O) groups is 3. The van der Waals surface area contributed by atoms with Gasteiger partial charge in [-0.1, -0.05) is 64.4 Å². The van der Waals surface area contributed by atoms with Crippen molar-refractivity contribution in [3.63, 3.8) is 0 Å². The van der Waals surface area contributed by atoms with Gasteiger partial charge in [-0.25, -0.2) is 0 Å². The summed E-state index contributed by atoms with van der Waals surface area (Å²) in [5.74, 6) is -0.896. The van der Waals surface area contributed by atoms with Crippen molar-refractivity contribution >= 4 is 75.4 Å². The van der Waals surface area contributed by atoms with Crippen molar-refractivity contribution in [2.45, 2.75) is 29.5 Å². The molecule has 0 unspecified atom stereocenters. The normalized spacial score (nSPS) is 27.4. The number of H-pyrrole nitrogens is 1. The second-order valence-electron chi connectivity index (χ2n) is 12.3. The molecule has 1 saturated heterocycles. The van der Waals surface area contributed by atoms with Gasteiger partial charge in [0, 0.05) is 21.7 Å². The maximum atomic E-state index is 14.0. The van der Waals surface area contributed by atoms with E-state index in [4.69, 9.17) is 27.9 Å². The van der Waals surface area contributed by atoms with E-state index in [1.54, 1.807) is 36.0 Å². The fourth-order valence-electron chi connectivity index (χ4n) is 8.06. The molecule has 4 aliphatic rings. The predicted molar refractivity (Wildman–Crippen MR) is 179 cm³/mol. The Morgan fingerprint density at radius 2 is 1.74 bits per heavy atom. The number of halogens is 2. The second kappa shape index (κ2) is 11.3. The summed E-state index contributed by atoms with van der Waals surface area (Å²) in [6.45, 7) is 1.75. The van der Waals surface area contributed by atoms with Crippen LogP contribution in [0.1, 0.15) is 28.3 Å². The quantitative estimate of drug-likeness (QED) is 0.217. The highest BCUT2D eigenvalue weighted by molar-refractivity contribution is 8.00. The number of rotatable bonds is 6. The number of thiazole rings is 1. The zero-order valence-electron chi connectivity index (χ0n) is 24.4. The Hall–Kier alpha value is -3.57. The minimum Gasteiger partial charge on any atom is -0.484 e. The van der Waals surface area contributed by atoms with Crippen molar-refractivity contribution in [2.24, 2.45) is 29.6 Å². The van der Waals surface area contributed by atoms with Crippen molar-refractivity contribution in [3.05, 3.63) is 102 Å². The van der Waals surface area contributed by atoms with Crippen LogP contribution in [-0.4, -0.2) is 34.6 Å². The maximum absolute atomic E-state index is 14.0. The van der Waals surface area contributed by atoms with Gasteiger partial charge in [0.25, 0.3) is 5.91 Å². The molecule has 8 rings (SSSR count). The van der Waals surface area contributed by atoms with Gasteiger partial charge in [-0.15, -0.1) is 11.8 Å². The fourth-order valence-corrected chi connectivity index (χ4v) is 11.2. The topological polar surface area (TPSA) is 109 Å². The number of benzene rings is 3. The molecule has 46 heavy (non-hydrogen) atoms. The van der Waals surface area contributed by atoms with Crippen LogP contribution >= 0.6 is 46.3 Å². The molecule has 2 saturated carbocycles. The van der Waals surface area contributed by atoms with Gasteiger partial charge < -0.3 is 15.0 Å². The average molecular weight is 693 g/mol. The zero-order valence-corrected chi connectivity index (χ0v) is 27.5. The molecule has 3 heterocycles. The van der Waals surface area contributed by atoms with E-state index in [2.05, 4.69) is 10.3 Å². The number of hydrogen-bond acceptors (Lipinski definition) is 7. The summed E-state index contributed by atoms with van der Waals surface area (Å²) in [4.78, 5) is 58.4. The van der Waals surface area contributed by atoms with Crippen LogP contribution in [0.25, 0.3) is 0 Å². The molecule has 2 N–H and O–H groups in total. The number of aryl methyl sites for hydroxylation is 1. The van der Waals surface area contributed by atoms with Gasteiger partial charge in [0.1, 0.15) is 5.75 Å². The van der Waals surface area contributed by atoms with E-state index in [0.717, 1.165) is 27.5 Å². The molecule has 3 aromatic carbocycles. The molecular weight excluding hydrogens is 665 g/mol.